The predicted octanol–water partition coefficient (Wildman–Crippen LogP) is 4.23. The molecule has 0 unspecified atom stereocenters. The van der Waals surface area contributed by atoms with Gasteiger partial charge in [0.05, 0.1) is 11.6 Å². The van der Waals surface area contributed by atoms with E-state index in [4.69, 9.17) is 0 Å². The maximum absolute atomic E-state index is 13.2. The van der Waals surface area contributed by atoms with E-state index in [0.717, 1.165) is 44.8 Å². The van der Waals surface area contributed by atoms with Crippen molar-refractivity contribution in [1.29, 1.82) is 0 Å². The minimum atomic E-state index is -4.87. The standard InChI is InChI=1S/C27H30F3N7O3/c1-16(32-24(38)20-12-19(17-6-7-17)13-21(14-20)40-27(28,29)30)23-33-26(35(2)3)34-37(23)22-9-8-18(15-31-22)25(39)36-10-4-5-11-36/h8-9,12-17H,4-7,10-11H2,1-3H3,(H,32,38)/t16-/m0/s1. The molecular formula is C27H30F3N7O3. The molecule has 0 radical (unpaired) electrons. The summed E-state index contributed by atoms with van der Waals surface area (Å²) in [6.45, 7) is 3.15. The second kappa shape index (κ2) is 10.8. The lowest BCUT2D eigenvalue weighted by atomic mass is 10.1. The number of nitrogens with one attached hydrogen (secondary N) is 1. The Labute approximate surface area is 229 Å². The Morgan fingerprint density at radius 1 is 1.10 bits per heavy atom. The number of pyridine rings is 1. The largest absolute Gasteiger partial charge is 0.573 e. The summed E-state index contributed by atoms with van der Waals surface area (Å²) in [5.74, 6) is 0.138. The van der Waals surface area contributed by atoms with Gasteiger partial charge in [0.25, 0.3) is 11.8 Å². The number of carbonyl (C=O) groups is 2. The molecule has 13 heteroatoms. The molecule has 0 spiro atoms. The third-order valence-corrected chi connectivity index (χ3v) is 6.83. The number of ether oxygens (including phenoxy) is 1. The molecule has 5 rings (SSSR count). The first kappa shape index (κ1) is 27.4. The van der Waals surface area contributed by atoms with Crippen molar-refractivity contribution in [1.82, 2.24) is 30.0 Å². The Morgan fingerprint density at radius 3 is 2.42 bits per heavy atom. The zero-order chi connectivity index (χ0) is 28.6. The molecule has 10 nitrogen and oxygen atoms in total. The van der Waals surface area contributed by atoms with Gasteiger partial charge in [0.15, 0.2) is 11.6 Å². The summed E-state index contributed by atoms with van der Waals surface area (Å²) in [6, 6.07) is 6.65. The van der Waals surface area contributed by atoms with Crippen LogP contribution >= 0.6 is 0 Å². The lowest BCUT2D eigenvalue weighted by Crippen LogP contribution is -2.29. The average Bonchev–Trinajstić information content (AvgIpc) is 3.41. The zero-order valence-corrected chi connectivity index (χ0v) is 22.4. The van der Waals surface area contributed by atoms with Gasteiger partial charge >= 0.3 is 6.36 Å². The quantitative estimate of drug-likeness (QED) is 0.442. The fourth-order valence-electron chi connectivity index (χ4n) is 4.63. The second-order valence-electron chi connectivity index (χ2n) is 10.3. The topological polar surface area (TPSA) is 105 Å². The molecule has 1 atom stereocenters. The summed E-state index contributed by atoms with van der Waals surface area (Å²) in [7, 11) is 3.53. The van der Waals surface area contributed by atoms with Gasteiger partial charge in [-0.2, -0.15) is 9.67 Å². The van der Waals surface area contributed by atoms with Crippen LogP contribution < -0.4 is 15.0 Å². The fourth-order valence-corrected chi connectivity index (χ4v) is 4.63. The van der Waals surface area contributed by atoms with E-state index in [2.05, 4.69) is 25.1 Å². The van der Waals surface area contributed by atoms with Crippen LogP contribution in [-0.4, -0.2) is 70.0 Å². The highest BCUT2D eigenvalue weighted by atomic mass is 19.4. The van der Waals surface area contributed by atoms with Gasteiger partial charge in [0.2, 0.25) is 5.95 Å². The predicted molar refractivity (Wildman–Crippen MR) is 140 cm³/mol. The number of hydrogen-bond donors (Lipinski definition) is 1. The number of benzene rings is 1. The van der Waals surface area contributed by atoms with E-state index in [1.54, 1.807) is 49.0 Å². The minimum Gasteiger partial charge on any atom is -0.406 e. The number of likely N-dealkylation sites (tertiary alicyclic amines) is 1. The van der Waals surface area contributed by atoms with Crippen molar-refractivity contribution in [3.63, 3.8) is 0 Å². The molecule has 2 aliphatic rings. The monoisotopic (exact) mass is 557 g/mol. The highest BCUT2D eigenvalue weighted by Gasteiger charge is 2.33. The Kier molecular flexibility index (Phi) is 7.39. The van der Waals surface area contributed by atoms with Gasteiger partial charge < -0.3 is 19.9 Å². The summed E-state index contributed by atoms with van der Waals surface area (Å²) >= 11 is 0. The van der Waals surface area contributed by atoms with Crippen molar-refractivity contribution in [2.45, 2.75) is 50.9 Å². The highest BCUT2D eigenvalue weighted by molar-refractivity contribution is 5.95. The van der Waals surface area contributed by atoms with Crippen molar-refractivity contribution in [2.75, 3.05) is 32.1 Å². The van der Waals surface area contributed by atoms with E-state index in [1.165, 1.54) is 16.9 Å². The number of rotatable bonds is 8. The number of anilines is 1. The van der Waals surface area contributed by atoms with Crippen LogP contribution in [-0.2, 0) is 0 Å². The van der Waals surface area contributed by atoms with E-state index in [1.807, 2.05) is 0 Å². The first-order chi connectivity index (χ1) is 19.0. The van der Waals surface area contributed by atoms with E-state index in [9.17, 15) is 22.8 Å². The van der Waals surface area contributed by atoms with Crippen LogP contribution in [0, 0.1) is 0 Å². The average molecular weight is 558 g/mol. The van der Waals surface area contributed by atoms with Crippen LogP contribution in [0.3, 0.4) is 0 Å². The molecule has 212 valence electrons. The number of halogens is 3. The van der Waals surface area contributed by atoms with Crippen molar-refractivity contribution < 1.29 is 27.5 Å². The number of aromatic nitrogens is 4. The number of nitrogens with zero attached hydrogens (tertiary/aromatic N) is 6. The third-order valence-electron chi connectivity index (χ3n) is 6.83. The maximum atomic E-state index is 13.2. The molecule has 0 bridgehead atoms. The van der Waals surface area contributed by atoms with Crippen LogP contribution in [0.25, 0.3) is 5.82 Å². The van der Waals surface area contributed by atoms with Crippen molar-refractivity contribution >= 4 is 17.8 Å². The molecule has 2 aromatic heterocycles. The van der Waals surface area contributed by atoms with Crippen molar-refractivity contribution in [3.8, 4) is 11.6 Å². The molecule has 2 fully saturated rings. The highest BCUT2D eigenvalue weighted by Crippen LogP contribution is 2.42. The van der Waals surface area contributed by atoms with Gasteiger partial charge in [-0.1, -0.05) is 0 Å². The van der Waals surface area contributed by atoms with Gasteiger partial charge in [0, 0.05) is 38.9 Å². The Bertz CT molecular complexity index is 1400. The Balaban J connectivity index is 1.39. The molecule has 1 aliphatic heterocycles. The van der Waals surface area contributed by atoms with Crippen LogP contribution in [0.2, 0.25) is 0 Å². The molecule has 1 saturated heterocycles. The Hall–Kier alpha value is -4.16. The summed E-state index contributed by atoms with van der Waals surface area (Å²) in [4.78, 5) is 38.4. The molecule has 1 saturated carbocycles. The van der Waals surface area contributed by atoms with E-state index >= 15 is 0 Å². The van der Waals surface area contributed by atoms with Crippen LogP contribution in [0.4, 0.5) is 19.1 Å². The van der Waals surface area contributed by atoms with Gasteiger partial charge in [-0.25, -0.2) is 4.98 Å². The fraction of sp³-hybridized carbons (Fsp3) is 0.444. The van der Waals surface area contributed by atoms with Gasteiger partial charge in [-0.3, -0.25) is 9.59 Å². The van der Waals surface area contributed by atoms with Crippen LogP contribution in [0.1, 0.15) is 76.7 Å². The van der Waals surface area contributed by atoms with Gasteiger partial charge in [-0.15, -0.1) is 18.3 Å². The number of hydrogen-bond acceptors (Lipinski definition) is 7. The van der Waals surface area contributed by atoms with E-state index in [-0.39, 0.29) is 17.4 Å². The molecule has 40 heavy (non-hydrogen) atoms. The van der Waals surface area contributed by atoms with E-state index < -0.39 is 24.1 Å². The third kappa shape index (κ3) is 6.18. The summed E-state index contributed by atoms with van der Waals surface area (Å²) in [5.41, 5.74) is 1.15. The summed E-state index contributed by atoms with van der Waals surface area (Å²) in [5, 5.41) is 7.32. The maximum Gasteiger partial charge on any atom is 0.573 e. The molecule has 3 aromatic rings. The normalized spacial score (nSPS) is 16.1. The van der Waals surface area contributed by atoms with Crippen molar-refractivity contribution in [3.05, 3.63) is 59.0 Å². The van der Waals surface area contributed by atoms with Crippen molar-refractivity contribution in [2.24, 2.45) is 0 Å². The Morgan fingerprint density at radius 2 is 1.82 bits per heavy atom. The smallest absolute Gasteiger partial charge is 0.406 e. The zero-order valence-electron chi connectivity index (χ0n) is 22.4. The lowest BCUT2D eigenvalue weighted by molar-refractivity contribution is -0.274. The first-order valence-electron chi connectivity index (χ1n) is 13.1. The molecule has 3 heterocycles. The van der Waals surface area contributed by atoms with Gasteiger partial charge in [-0.05, 0) is 74.4 Å². The van der Waals surface area contributed by atoms with Gasteiger partial charge in [0.1, 0.15) is 5.75 Å². The summed E-state index contributed by atoms with van der Waals surface area (Å²) < 4.78 is 44.3. The lowest BCUT2D eigenvalue weighted by Gasteiger charge is -2.17. The molecule has 1 aromatic carbocycles. The van der Waals surface area contributed by atoms with Crippen LogP contribution in [0.5, 0.6) is 5.75 Å². The van der Waals surface area contributed by atoms with Crippen LogP contribution in [0.15, 0.2) is 36.5 Å². The SMILES string of the molecule is C[C@H](NC(=O)c1cc(OC(F)(F)F)cc(C2CC2)c1)c1nc(N(C)C)nn1-c1ccc(C(=O)N2CCCC2)cn1. The number of alkyl halides is 3. The number of amides is 2. The minimum absolute atomic E-state index is 0.0531. The van der Waals surface area contributed by atoms with E-state index in [0.29, 0.717) is 28.7 Å². The number of carbonyl (C=O) groups excluding carboxylic acids is 2. The first-order valence-corrected chi connectivity index (χ1v) is 13.1. The summed E-state index contributed by atoms with van der Waals surface area (Å²) in [6.07, 6.45) is 0.281. The second-order valence-corrected chi connectivity index (χ2v) is 10.3. The molecule has 2 amide bonds. The molecule has 1 N–H and O–H groups in total. The molecule has 1 aliphatic carbocycles. The molecular weight excluding hydrogens is 527 g/mol.